The van der Waals surface area contributed by atoms with Gasteiger partial charge in [-0.3, -0.25) is 9.59 Å². The maximum Gasteiger partial charge on any atom is 0.307 e. The van der Waals surface area contributed by atoms with Crippen molar-refractivity contribution in [3.63, 3.8) is 0 Å². The van der Waals surface area contributed by atoms with E-state index >= 15 is 0 Å². The van der Waals surface area contributed by atoms with Crippen molar-refractivity contribution in [2.45, 2.75) is 17.7 Å². The standard InChI is InChI=1S/C14H16ClNO3S/c15-9-1-3-10(4-2-9)20-8-7-16-13(17)11-5-6-12(11)14(18)19/h1-4,11-12H,5-8H2,(H,16,17)(H,18,19). The van der Waals surface area contributed by atoms with Crippen LogP contribution in [0.1, 0.15) is 12.8 Å². The van der Waals surface area contributed by atoms with E-state index in [4.69, 9.17) is 16.7 Å². The summed E-state index contributed by atoms with van der Waals surface area (Å²) in [6.45, 7) is 0.537. The van der Waals surface area contributed by atoms with Crippen molar-refractivity contribution < 1.29 is 14.7 Å². The van der Waals surface area contributed by atoms with Crippen LogP contribution < -0.4 is 5.32 Å². The van der Waals surface area contributed by atoms with E-state index in [-0.39, 0.29) is 11.8 Å². The third kappa shape index (κ3) is 3.90. The monoisotopic (exact) mass is 313 g/mol. The number of carbonyl (C=O) groups is 2. The first-order valence-corrected chi connectivity index (χ1v) is 7.83. The summed E-state index contributed by atoms with van der Waals surface area (Å²) in [6, 6.07) is 7.52. The summed E-state index contributed by atoms with van der Waals surface area (Å²) in [5, 5.41) is 12.4. The van der Waals surface area contributed by atoms with Gasteiger partial charge in [-0.25, -0.2) is 0 Å². The molecule has 108 valence electrons. The number of halogens is 1. The molecule has 0 spiro atoms. The summed E-state index contributed by atoms with van der Waals surface area (Å²) >= 11 is 7.42. The van der Waals surface area contributed by atoms with E-state index in [2.05, 4.69) is 5.32 Å². The highest BCUT2D eigenvalue weighted by Gasteiger charge is 2.41. The minimum absolute atomic E-state index is 0.139. The van der Waals surface area contributed by atoms with Crippen molar-refractivity contribution >= 4 is 35.2 Å². The van der Waals surface area contributed by atoms with E-state index in [1.807, 2.05) is 24.3 Å². The van der Waals surface area contributed by atoms with Gasteiger partial charge in [0.15, 0.2) is 0 Å². The minimum Gasteiger partial charge on any atom is -0.481 e. The summed E-state index contributed by atoms with van der Waals surface area (Å²) in [5.74, 6) is -1.11. The first-order valence-electron chi connectivity index (χ1n) is 6.47. The predicted octanol–water partition coefficient (Wildman–Crippen LogP) is 2.66. The number of carbonyl (C=O) groups excluding carboxylic acids is 1. The Morgan fingerprint density at radius 3 is 2.45 bits per heavy atom. The Morgan fingerprint density at radius 1 is 1.25 bits per heavy atom. The van der Waals surface area contributed by atoms with Gasteiger partial charge >= 0.3 is 5.97 Å². The molecule has 2 unspecified atom stereocenters. The smallest absolute Gasteiger partial charge is 0.307 e. The van der Waals surface area contributed by atoms with Crippen LogP contribution in [-0.2, 0) is 9.59 Å². The fraction of sp³-hybridized carbons (Fsp3) is 0.429. The van der Waals surface area contributed by atoms with Gasteiger partial charge in [0.25, 0.3) is 0 Å². The van der Waals surface area contributed by atoms with E-state index in [9.17, 15) is 9.59 Å². The molecule has 1 aliphatic carbocycles. The molecule has 0 saturated heterocycles. The van der Waals surface area contributed by atoms with Crippen LogP contribution in [0.5, 0.6) is 0 Å². The summed E-state index contributed by atoms with van der Waals surface area (Å²) in [5.41, 5.74) is 0. The van der Waals surface area contributed by atoms with Gasteiger partial charge in [0.05, 0.1) is 11.8 Å². The summed E-state index contributed by atoms with van der Waals surface area (Å²) in [7, 11) is 0. The van der Waals surface area contributed by atoms with Crippen LogP contribution in [0.25, 0.3) is 0 Å². The Hall–Kier alpha value is -1.20. The van der Waals surface area contributed by atoms with Gasteiger partial charge in [-0.15, -0.1) is 11.8 Å². The molecule has 2 N–H and O–H groups in total. The van der Waals surface area contributed by atoms with Gasteiger partial charge in [-0.1, -0.05) is 11.6 Å². The third-order valence-electron chi connectivity index (χ3n) is 3.41. The zero-order valence-corrected chi connectivity index (χ0v) is 12.4. The second-order valence-corrected chi connectivity index (χ2v) is 6.33. The van der Waals surface area contributed by atoms with Crippen molar-refractivity contribution in [3.8, 4) is 0 Å². The molecule has 0 aromatic heterocycles. The average molecular weight is 314 g/mol. The lowest BCUT2D eigenvalue weighted by Gasteiger charge is -2.31. The second kappa shape index (κ2) is 6.99. The van der Waals surface area contributed by atoms with E-state index in [0.717, 1.165) is 10.6 Å². The number of aliphatic carboxylic acids is 1. The lowest BCUT2D eigenvalue weighted by Crippen LogP contribution is -2.44. The molecule has 1 aromatic rings. The van der Waals surface area contributed by atoms with Crippen LogP contribution in [0.2, 0.25) is 5.02 Å². The van der Waals surface area contributed by atoms with Crippen LogP contribution in [0.4, 0.5) is 0 Å². The molecule has 1 saturated carbocycles. The molecule has 4 nitrogen and oxygen atoms in total. The molecule has 1 aromatic carbocycles. The fourth-order valence-electron chi connectivity index (χ4n) is 2.11. The first-order chi connectivity index (χ1) is 9.58. The summed E-state index contributed by atoms with van der Waals surface area (Å²) in [6.07, 6.45) is 1.28. The van der Waals surface area contributed by atoms with Gasteiger partial charge in [-0.2, -0.15) is 0 Å². The number of hydrogen-bond donors (Lipinski definition) is 2. The predicted molar refractivity (Wildman–Crippen MR) is 79.0 cm³/mol. The number of amides is 1. The first kappa shape index (κ1) is 15.2. The maximum absolute atomic E-state index is 11.8. The second-order valence-electron chi connectivity index (χ2n) is 4.72. The van der Waals surface area contributed by atoms with Crippen molar-refractivity contribution in [2.75, 3.05) is 12.3 Å². The number of carboxylic acids is 1. The molecule has 2 atom stereocenters. The Labute approximate surface area is 126 Å². The molecule has 20 heavy (non-hydrogen) atoms. The highest BCUT2D eigenvalue weighted by molar-refractivity contribution is 7.99. The van der Waals surface area contributed by atoms with Crippen molar-refractivity contribution in [3.05, 3.63) is 29.3 Å². The molecular weight excluding hydrogens is 298 g/mol. The maximum atomic E-state index is 11.8. The van der Waals surface area contributed by atoms with Gasteiger partial charge in [0.2, 0.25) is 5.91 Å². The zero-order valence-electron chi connectivity index (χ0n) is 10.8. The topological polar surface area (TPSA) is 66.4 Å². The Kier molecular flexibility index (Phi) is 5.31. The number of nitrogens with one attached hydrogen (secondary N) is 1. The number of carboxylic acid groups (broad SMARTS) is 1. The number of benzene rings is 1. The average Bonchev–Trinajstić information content (AvgIpc) is 2.34. The van der Waals surface area contributed by atoms with E-state index in [1.165, 1.54) is 0 Å². The van der Waals surface area contributed by atoms with Gasteiger partial charge < -0.3 is 10.4 Å². The minimum atomic E-state index is -0.869. The van der Waals surface area contributed by atoms with Crippen LogP contribution in [0.15, 0.2) is 29.2 Å². The van der Waals surface area contributed by atoms with Crippen LogP contribution >= 0.6 is 23.4 Å². The van der Waals surface area contributed by atoms with Crippen molar-refractivity contribution in [1.29, 1.82) is 0 Å². The molecule has 2 rings (SSSR count). The lowest BCUT2D eigenvalue weighted by molar-refractivity contribution is -0.152. The van der Waals surface area contributed by atoms with Gasteiger partial charge in [0.1, 0.15) is 0 Å². The van der Waals surface area contributed by atoms with Gasteiger partial charge in [0, 0.05) is 22.2 Å². The Bertz CT molecular complexity index is 492. The molecule has 1 aliphatic rings. The van der Waals surface area contributed by atoms with Crippen LogP contribution in [0.3, 0.4) is 0 Å². The van der Waals surface area contributed by atoms with E-state index in [1.54, 1.807) is 11.8 Å². The quantitative estimate of drug-likeness (QED) is 0.626. The highest BCUT2D eigenvalue weighted by Crippen LogP contribution is 2.34. The zero-order chi connectivity index (χ0) is 14.5. The Morgan fingerprint density at radius 2 is 1.90 bits per heavy atom. The summed E-state index contributed by atoms with van der Waals surface area (Å²) < 4.78 is 0. The lowest BCUT2D eigenvalue weighted by atomic mass is 9.73. The normalized spacial score (nSPS) is 21.1. The molecule has 0 aliphatic heterocycles. The van der Waals surface area contributed by atoms with E-state index in [0.29, 0.717) is 24.4 Å². The van der Waals surface area contributed by atoms with Gasteiger partial charge in [-0.05, 0) is 37.1 Å². The molecule has 1 amide bonds. The van der Waals surface area contributed by atoms with Crippen LogP contribution in [0, 0.1) is 11.8 Å². The fourth-order valence-corrected chi connectivity index (χ4v) is 3.01. The number of thioether (sulfide) groups is 1. The number of hydrogen-bond acceptors (Lipinski definition) is 3. The highest BCUT2D eigenvalue weighted by atomic mass is 35.5. The molecule has 6 heteroatoms. The Balaban J connectivity index is 1.67. The molecular formula is C14H16ClNO3S. The van der Waals surface area contributed by atoms with Crippen LogP contribution in [-0.4, -0.2) is 29.3 Å². The largest absolute Gasteiger partial charge is 0.481 e. The van der Waals surface area contributed by atoms with E-state index < -0.39 is 11.9 Å². The molecule has 0 radical (unpaired) electrons. The van der Waals surface area contributed by atoms with Crippen molar-refractivity contribution in [1.82, 2.24) is 5.32 Å². The summed E-state index contributed by atoms with van der Waals surface area (Å²) in [4.78, 5) is 23.7. The molecule has 1 fully saturated rings. The molecule has 0 heterocycles. The SMILES string of the molecule is O=C(O)C1CCC1C(=O)NCCSc1ccc(Cl)cc1. The van der Waals surface area contributed by atoms with Crippen molar-refractivity contribution in [2.24, 2.45) is 11.8 Å². The number of rotatable bonds is 6. The third-order valence-corrected chi connectivity index (χ3v) is 4.68. The molecule has 0 bridgehead atoms.